The van der Waals surface area contributed by atoms with Gasteiger partial charge in [-0.05, 0) is 19.3 Å². The van der Waals surface area contributed by atoms with E-state index in [-0.39, 0.29) is 0 Å². The van der Waals surface area contributed by atoms with Crippen molar-refractivity contribution in [1.82, 2.24) is 0 Å². The summed E-state index contributed by atoms with van der Waals surface area (Å²) in [6.45, 7) is 0.792. The van der Waals surface area contributed by atoms with Gasteiger partial charge in [0.05, 0.1) is 12.2 Å². The van der Waals surface area contributed by atoms with E-state index in [0.29, 0.717) is 11.6 Å². The van der Waals surface area contributed by atoms with Crippen LogP contribution in [0.5, 0.6) is 0 Å². The molecule has 2 N–H and O–H groups in total. The largest absolute Gasteiger partial charge is 0.373 e. The van der Waals surface area contributed by atoms with Crippen molar-refractivity contribution in [3.63, 3.8) is 0 Å². The zero-order valence-electron chi connectivity index (χ0n) is 4.89. The molecule has 0 amide bonds. The zero-order valence-corrected chi connectivity index (χ0v) is 4.89. The minimum absolute atomic E-state index is 0.291. The van der Waals surface area contributed by atoms with Gasteiger partial charge in [-0.3, -0.25) is 0 Å². The van der Waals surface area contributed by atoms with E-state index in [1.54, 1.807) is 0 Å². The summed E-state index contributed by atoms with van der Waals surface area (Å²) in [7, 11) is 0. The van der Waals surface area contributed by atoms with Gasteiger partial charge in [-0.2, -0.15) is 0 Å². The van der Waals surface area contributed by atoms with Gasteiger partial charge in [-0.1, -0.05) is 0 Å². The van der Waals surface area contributed by atoms with Gasteiger partial charge >= 0.3 is 0 Å². The van der Waals surface area contributed by atoms with Crippen LogP contribution in [0.1, 0.15) is 19.3 Å². The molecule has 2 rings (SSSR count). The summed E-state index contributed by atoms with van der Waals surface area (Å²) in [4.78, 5) is 0. The molecule has 1 aliphatic carbocycles. The SMILES string of the molecule is NC1COC2(CC2)C1. The molecule has 2 nitrogen and oxygen atoms in total. The normalized spacial score (nSPS) is 40.9. The molecule has 1 aliphatic heterocycles. The Morgan fingerprint density at radius 3 is 2.50 bits per heavy atom. The molecule has 2 heteroatoms. The molecular weight excluding hydrogens is 102 g/mol. The average Bonchev–Trinajstić information content (AvgIpc) is 2.34. The fourth-order valence-electron chi connectivity index (χ4n) is 1.37. The Bertz CT molecular complexity index is 109. The first-order valence-electron chi connectivity index (χ1n) is 3.20. The van der Waals surface area contributed by atoms with E-state index in [0.717, 1.165) is 13.0 Å². The van der Waals surface area contributed by atoms with Crippen LogP contribution in [0.15, 0.2) is 0 Å². The fourth-order valence-corrected chi connectivity index (χ4v) is 1.37. The Morgan fingerprint density at radius 1 is 1.50 bits per heavy atom. The van der Waals surface area contributed by atoms with Gasteiger partial charge in [-0.15, -0.1) is 0 Å². The lowest BCUT2D eigenvalue weighted by Crippen LogP contribution is -2.19. The van der Waals surface area contributed by atoms with E-state index >= 15 is 0 Å². The number of rotatable bonds is 0. The summed E-state index contributed by atoms with van der Waals surface area (Å²) < 4.78 is 5.44. The van der Waals surface area contributed by atoms with Crippen LogP contribution >= 0.6 is 0 Å². The van der Waals surface area contributed by atoms with Crippen LogP contribution in [-0.4, -0.2) is 18.2 Å². The molecule has 2 aliphatic rings. The van der Waals surface area contributed by atoms with E-state index in [9.17, 15) is 0 Å². The molecule has 1 saturated heterocycles. The van der Waals surface area contributed by atoms with E-state index < -0.39 is 0 Å². The summed E-state index contributed by atoms with van der Waals surface area (Å²) in [5.74, 6) is 0. The summed E-state index contributed by atoms with van der Waals surface area (Å²) in [5.41, 5.74) is 5.92. The molecule has 1 heterocycles. The van der Waals surface area contributed by atoms with Crippen molar-refractivity contribution in [1.29, 1.82) is 0 Å². The van der Waals surface area contributed by atoms with Crippen molar-refractivity contribution >= 4 is 0 Å². The summed E-state index contributed by atoms with van der Waals surface area (Å²) in [6.07, 6.45) is 3.61. The van der Waals surface area contributed by atoms with Gasteiger partial charge in [0.1, 0.15) is 0 Å². The summed E-state index contributed by atoms with van der Waals surface area (Å²) >= 11 is 0. The quantitative estimate of drug-likeness (QED) is 0.489. The van der Waals surface area contributed by atoms with Crippen LogP contribution in [0.4, 0.5) is 0 Å². The molecule has 8 heavy (non-hydrogen) atoms. The van der Waals surface area contributed by atoms with Crippen LogP contribution in [0.3, 0.4) is 0 Å². The van der Waals surface area contributed by atoms with Crippen LogP contribution in [0.2, 0.25) is 0 Å². The maximum absolute atomic E-state index is 5.63. The average molecular weight is 113 g/mol. The van der Waals surface area contributed by atoms with Crippen LogP contribution < -0.4 is 5.73 Å². The lowest BCUT2D eigenvalue weighted by Gasteiger charge is -2.00. The van der Waals surface area contributed by atoms with E-state index in [2.05, 4.69) is 0 Å². The highest BCUT2D eigenvalue weighted by atomic mass is 16.5. The first-order valence-corrected chi connectivity index (χ1v) is 3.20. The topological polar surface area (TPSA) is 35.2 Å². The van der Waals surface area contributed by atoms with Crippen molar-refractivity contribution in [2.45, 2.75) is 30.9 Å². The lowest BCUT2D eigenvalue weighted by molar-refractivity contribution is 0.0897. The molecule has 0 bridgehead atoms. The molecule has 0 aromatic carbocycles. The second-order valence-electron chi connectivity index (χ2n) is 2.96. The Hall–Kier alpha value is -0.0800. The highest BCUT2D eigenvalue weighted by molar-refractivity contribution is 5.02. The van der Waals surface area contributed by atoms with Gasteiger partial charge in [-0.25, -0.2) is 0 Å². The second-order valence-corrected chi connectivity index (χ2v) is 2.96. The van der Waals surface area contributed by atoms with Crippen LogP contribution in [0, 0.1) is 0 Å². The molecule has 1 atom stereocenters. The van der Waals surface area contributed by atoms with Crippen LogP contribution in [-0.2, 0) is 4.74 Å². The minimum Gasteiger partial charge on any atom is -0.373 e. The van der Waals surface area contributed by atoms with Crippen molar-refractivity contribution in [3.8, 4) is 0 Å². The predicted octanol–water partition coefficient (Wildman–Crippen LogP) is 0.267. The van der Waals surface area contributed by atoms with Gasteiger partial charge < -0.3 is 10.5 Å². The highest BCUT2D eigenvalue weighted by Crippen LogP contribution is 2.46. The van der Waals surface area contributed by atoms with Gasteiger partial charge in [0.2, 0.25) is 0 Å². The molecular formula is C6H11NO. The molecule has 1 spiro atoms. The predicted molar refractivity (Wildman–Crippen MR) is 30.5 cm³/mol. The lowest BCUT2D eigenvalue weighted by atomic mass is 10.2. The molecule has 1 unspecified atom stereocenters. The van der Waals surface area contributed by atoms with Crippen molar-refractivity contribution in [2.75, 3.05) is 6.61 Å². The second kappa shape index (κ2) is 1.25. The van der Waals surface area contributed by atoms with Crippen molar-refractivity contribution < 1.29 is 4.74 Å². The van der Waals surface area contributed by atoms with Crippen molar-refractivity contribution in [3.05, 3.63) is 0 Å². The molecule has 1 saturated carbocycles. The highest BCUT2D eigenvalue weighted by Gasteiger charge is 2.49. The summed E-state index contributed by atoms with van der Waals surface area (Å²) in [6, 6.07) is 0.331. The monoisotopic (exact) mass is 113 g/mol. The number of hydrogen-bond donors (Lipinski definition) is 1. The Morgan fingerprint density at radius 2 is 2.25 bits per heavy atom. The van der Waals surface area contributed by atoms with Gasteiger partial charge in [0, 0.05) is 6.04 Å². The first-order chi connectivity index (χ1) is 3.81. The molecule has 2 fully saturated rings. The number of nitrogens with two attached hydrogens (primary N) is 1. The van der Waals surface area contributed by atoms with E-state index in [4.69, 9.17) is 10.5 Å². The Labute approximate surface area is 49.0 Å². The van der Waals surface area contributed by atoms with Gasteiger partial charge in [0.25, 0.3) is 0 Å². The maximum Gasteiger partial charge on any atom is 0.0701 e. The molecule has 0 radical (unpaired) electrons. The minimum atomic E-state index is 0.291. The Balaban J connectivity index is 2.03. The molecule has 46 valence electrons. The van der Waals surface area contributed by atoms with Crippen LogP contribution in [0.25, 0.3) is 0 Å². The number of ether oxygens (including phenoxy) is 1. The number of hydrogen-bond acceptors (Lipinski definition) is 2. The third kappa shape index (κ3) is 0.565. The van der Waals surface area contributed by atoms with Gasteiger partial charge in [0.15, 0.2) is 0 Å². The van der Waals surface area contributed by atoms with E-state index in [1.165, 1.54) is 12.8 Å². The standard InChI is InChI=1S/C6H11NO/c7-5-3-6(1-2-6)8-4-5/h5H,1-4,7H2. The summed E-state index contributed by atoms with van der Waals surface area (Å²) in [5, 5.41) is 0. The fraction of sp³-hybridized carbons (Fsp3) is 1.00. The zero-order chi connectivity index (χ0) is 5.61. The third-order valence-electron chi connectivity index (χ3n) is 2.05. The first kappa shape index (κ1) is 4.77. The van der Waals surface area contributed by atoms with Crippen molar-refractivity contribution in [2.24, 2.45) is 5.73 Å². The third-order valence-corrected chi connectivity index (χ3v) is 2.05. The Kier molecular flexibility index (Phi) is 0.746. The van der Waals surface area contributed by atoms with E-state index in [1.807, 2.05) is 0 Å². The smallest absolute Gasteiger partial charge is 0.0701 e. The molecule has 0 aromatic heterocycles. The maximum atomic E-state index is 5.63. The molecule has 0 aromatic rings.